The summed E-state index contributed by atoms with van der Waals surface area (Å²) in [5.74, 6) is 0. The van der Waals surface area contributed by atoms with Gasteiger partial charge in [-0.25, -0.2) is 0 Å². The summed E-state index contributed by atoms with van der Waals surface area (Å²) in [6, 6.07) is 6.38. The summed E-state index contributed by atoms with van der Waals surface area (Å²) in [7, 11) is 0. The van der Waals surface area contributed by atoms with E-state index in [4.69, 9.17) is 0 Å². The summed E-state index contributed by atoms with van der Waals surface area (Å²) < 4.78 is 0. The van der Waals surface area contributed by atoms with Crippen LogP contribution in [0.15, 0.2) is 24.4 Å². The Morgan fingerprint density at radius 3 is 2.56 bits per heavy atom. The van der Waals surface area contributed by atoms with E-state index in [0.717, 1.165) is 5.69 Å². The van der Waals surface area contributed by atoms with Crippen LogP contribution in [-0.2, 0) is 5.54 Å². The second-order valence-electron chi connectivity index (χ2n) is 5.54. The molecule has 1 aliphatic rings. The van der Waals surface area contributed by atoms with Crippen LogP contribution in [0, 0.1) is 0 Å². The highest BCUT2D eigenvalue weighted by atomic mass is 16.3. The second-order valence-corrected chi connectivity index (χ2v) is 5.54. The average Bonchev–Trinajstić information content (AvgIpc) is 2.68. The van der Waals surface area contributed by atoms with Crippen LogP contribution in [0.3, 0.4) is 0 Å². The Labute approximate surface area is 110 Å². The largest absolute Gasteiger partial charge is 0.394 e. The third-order valence-corrected chi connectivity index (χ3v) is 3.92. The summed E-state index contributed by atoms with van der Waals surface area (Å²) in [4.78, 5) is 4.39. The predicted molar refractivity (Wildman–Crippen MR) is 73.3 cm³/mol. The third kappa shape index (κ3) is 3.30. The number of pyridine rings is 1. The molecule has 2 N–H and O–H groups in total. The van der Waals surface area contributed by atoms with Gasteiger partial charge >= 0.3 is 0 Å². The van der Waals surface area contributed by atoms with Crippen molar-refractivity contribution in [1.82, 2.24) is 10.3 Å². The molecule has 1 fully saturated rings. The topological polar surface area (TPSA) is 45.1 Å². The molecule has 100 valence electrons. The first-order valence-corrected chi connectivity index (χ1v) is 7.05. The highest BCUT2D eigenvalue weighted by Crippen LogP contribution is 2.24. The van der Waals surface area contributed by atoms with Crippen molar-refractivity contribution in [3.05, 3.63) is 30.1 Å². The van der Waals surface area contributed by atoms with Gasteiger partial charge in [-0.2, -0.15) is 0 Å². The fourth-order valence-corrected chi connectivity index (χ4v) is 2.76. The van der Waals surface area contributed by atoms with Crippen molar-refractivity contribution in [2.24, 2.45) is 0 Å². The van der Waals surface area contributed by atoms with E-state index >= 15 is 0 Å². The lowest BCUT2D eigenvalue weighted by atomic mass is 9.95. The molecule has 2 rings (SSSR count). The van der Waals surface area contributed by atoms with Gasteiger partial charge in [0.2, 0.25) is 0 Å². The van der Waals surface area contributed by atoms with Crippen molar-refractivity contribution in [3.63, 3.8) is 0 Å². The molecule has 1 saturated carbocycles. The summed E-state index contributed by atoms with van der Waals surface area (Å²) in [6.45, 7) is 2.13. The Morgan fingerprint density at radius 2 is 2.00 bits per heavy atom. The lowest BCUT2D eigenvalue weighted by Gasteiger charge is -2.33. The lowest BCUT2D eigenvalue weighted by molar-refractivity contribution is 0.153. The molecule has 3 nitrogen and oxygen atoms in total. The summed E-state index contributed by atoms with van der Waals surface area (Å²) in [5, 5.41) is 13.4. The van der Waals surface area contributed by atoms with Crippen molar-refractivity contribution < 1.29 is 5.11 Å². The minimum absolute atomic E-state index is 0.0838. The molecule has 1 aromatic rings. The van der Waals surface area contributed by atoms with Gasteiger partial charge < -0.3 is 10.4 Å². The maximum atomic E-state index is 9.74. The van der Waals surface area contributed by atoms with Crippen molar-refractivity contribution in [2.45, 2.75) is 57.0 Å². The molecule has 0 aliphatic heterocycles. The predicted octanol–water partition coefficient (Wildman–Crippen LogP) is 2.60. The van der Waals surface area contributed by atoms with Gasteiger partial charge in [-0.1, -0.05) is 31.7 Å². The SMILES string of the molecule is CC(CO)(NC1CCCCCC1)c1ccccn1. The van der Waals surface area contributed by atoms with Crippen LogP contribution in [0.1, 0.15) is 51.1 Å². The quantitative estimate of drug-likeness (QED) is 0.805. The Balaban J connectivity index is 2.07. The summed E-state index contributed by atoms with van der Waals surface area (Å²) in [5.41, 5.74) is 0.507. The van der Waals surface area contributed by atoms with Crippen LogP contribution >= 0.6 is 0 Å². The number of aliphatic hydroxyl groups is 1. The van der Waals surface area contributed by atoms with Crippen LogP contribution in [0.2, 0.25) is 0 Å². The first-order valence-electron chi connectivity index (χ1n) is 7.05. The van der Waals surface area contributed by atoms with Gasteiger partial charge in [0.1, 0.15) is 0 Å². The number of hydrogen-bond donors (Lipinski definition) is 2. The molecule has 1 aromatic heterocycles. The number of aromatic nitrogens is 1. The first-order chi connectivity index (χ1) is 8.74. The van der Waals surface area contributed by atoms with E-state index < -0.39 is 5.54 Å². The third-order valence-electron chi connectivity index (χ3n) is 3.92. The van der Waals surface area contributed by atoms with Crippen molar-refractivity contribution in [2.75, 3.05) is 6.61 Å². The van der Waals surface area contributed by atoms with E-state index in [1.54, 1.807) is 6.20 Å². The molecule has 3 heteroatoms. The van der Waals surface area contributed by atoms with E-state index in [0.29, 0.717) is 6.04 Å². The molecule has 0 radical (unpaired) electrons. The highest BCUT2D eigenvalue weighted by molar-refractivity contribution is 5.15. The van der Waals surface area contributed by atoms with Gasteiger partial charge in [0.15, 0.2) is 0 Å². The fourth-order valence-electron chi connectivity index (χ4n) is 2.76. The van der Waals surface area contributed by atoms with Crippen LogP contribution < -0.4 is 5.32 Å². The molecule has 0 spiro atoms. The van der Waals surface area contributed by atoms with Gasteiger partial charge in [0.25, 0.3) is 0 Å². The van der Waals surface area contributed by atoms with Crippen LogP contribution in [-0.4, -0.2) is 22.7 Å². The molecule has 1 heterocycles. The number of nitrogens with zero attached hydrogens (tertiary/aromatic N) is 1. The molecular weight excluding hydrogens is 224 g/mol. The van der Waals surface area contributed by atoms with Gasteiger partial charge in [0, 0.05) is 12.2 Å². The summed E-state index contributed by atoms with van der Waals surface area (Å²) >= 11 is 0. The molecular formula is C15H24N2O. The van der Waals surface area contributed by atoms with Gasteiger partial charge in [-0.05, 0) is 31.9 Å². The Kier molecular flexibility index (Phi) is 4.72. The number of nitrogens with one attached hydrogen (secondary N) is 1. The summed E-state index contributed by atoms with van der Waals surface area (Å²) in [6.07, 6.45) is 9.49. The minimum Gasteiger partial charge on any atom is -0.394 e. The monoisotopic (exact) mass is 248 g/mol. The van der Waals surface area contributed by atoms with Crippen molar-refractivity contribution in [1.29, 1.82) is 0 Å². The molecule has 0 saturated heterocycles. The van der Waals surface area contributed by atoms with Gasteiger partial charge in [-0.15, -0.1) is 0 Å². The number of rotatable bonds is 4. The molecule has 0 amide bonds. The Morgan fingerprint density at radius 1 is 1.28 bits per heavy atom. The first kappa shape index (κ1) is 13.5. The maximum absolute atomic E-state index is 9.74. The normalized spacial score (nSPS) is 21.2. The van der Waals surface area contributed by atoms with Crippen molar-refractivity contribution in [3.8, 4) is 0 Å². The maximum Gasteiger partial charge on any atom is 0.0816 e. The van der Waals surface area contributed by atoms with Gasteiger partial charge in [0.05, 0.1) is 17.8 Å². The molecule has 1 aliphatic carbocycles. The van der Waals surface area contributed by atoms with E-state index in [-0.39, 0.29) is 6.61 Å². The fraction of sp³-hybridized carbons (Fsp3) is 0.667. The smallest absolute Gasteiger partial charge is 0.0816 e. The molecule has 0 aromatic carbocycles. The molecule has 1 atom stereocenters. The van der Waals surface area contributed by atoms with Crippen LogP contribution in [0.4, 0.5) is 0 Å². The highest BCUT2D eigenvalue weighted by Gasteiger charge is 2.29. The Hall–Kier alpha value is -0.930. The Bertz CT molecular complexity index is 347. The second kappa shape index (κ2) is 6.30. The van der Waals surface area contributed by atoms with Gasteiger partial charge in [-0.3, -0.25) is 4.98 Å². The minimum atomic E-state index is -0.420. The zero-order valence-electron chi connectivity index (χ0n) is 11.2. The average molecular weight is 248 g/mol. The van der Waals surface area contributed by atoms with Crippen molar-refractivity contribution >= 4 is 0 Å². The molecule has 1 unspecified atom stereocenters. The zero-order chi connectivity index (χ0) is 12.8. The van der Waals surface area contributed by atoms with Crippen LogP contribution in [0.5, 0.6) is 0 Å². The van der Waals surface area contributed by atoms with E-state index in [1.807, 2.05) is 25.1 Å². The van der Waals surface area contributed by atoms with Crippen LogP contribution in [0.25, 0.3) is 0 Å². The lowest BCUT2D eigenvalue weighted by Crippen LogP contribution is -2.48. The zero-order valence-corrected chi connectivity index (χ0v) is 11.2. The molecule has 0 bridgehead atoms. The van der Waals surface area contributed by atoms with E-state index in [9.17, 15) is 5.11 Å². The molecule has 18 heavy (non-hydrogen) atoms. The van der Waals surface area contributed by atoms with E-state index in [2.05, 4.69) is 10.3 Å². The number of hydrogen-bond acceptors (Lipinski definition) is 3. The standard InChI is InChI=1S/C15H24N2O/c1-15(12-18,14-10-6-7-11-16-14)17-13-8-4-2-3-5-9-13/h6-7,10-11,13,17-18H,2-5,8-9,12H2,1H3. The van der Waals surface area contributed by atoms with E-state index in [1.165, 1.54) is 38.5 Å². The number of aliphatic hydroxyl groups excluding tert-OH is 1.